The number of carbonyl (C=O) groups excluding carboxylic acids is 1. The summed E-state index contributed by atoms with van der Waals surface area (Å²) in [6.45, 7) is 12.7. The lowest BCUT2D eigenvalue weighted by Gasteiger charge is -2.20. The Morgan fingerprint density at radius 3 is 2.33 bits per heavy atom. The van der Waals surface area contributed by atoms with Crippen molar-refractivity contribution in [2.45, 2.75) is 66.8 Å². The van der Waals surface area contributed by atoms with Crippen LogP contribution in [0.3, 0.4) is 0 Å². The van der Waals surface area contributed by atoms with E-state index in [4.69, 9.17) is 10.2 Å². The predicted molar refractivity (Wildman–Crippen MR) is 127 cm³/mol. The molecule has 0 aliphatic carbocycles. The molecule has 1 amide bonds. The Morgan fingerprint density at radius 2 is 1.79 bits per heavy atom. The van der Waals surface area contributed by atoms with E-state index < -0.39 is 16.7 Å². The molecule has 6 nitrogen and oxygen atoms in total. The van der Waals surface area contributed by atoms with E-state index in [0.717, 1.165) is 17.9 Å². The first kappa shape index (κ1) is 24.4. The van der Waals surface area contributed by atoms with Crippen LogP contribution in [0.1, 0.15) is 84.3 Å². The minimum absolute atomic E-state index is 0.0784. The van der Waals surface area contributed by atoms with Crippen molar-refractivity contribution in [2.75, 3.05) is 5.73 Å². The van der Waals surface area contributed by atoms with E-state index in [9.17, 15) is 18.8 Å². The smallest absolute Gasteiger partial charge is 0.252 e. The third-order valence-electron chi connectivity index (χ3n) is 6.56. The van der Waals surface area contributed by atoms with Gasteiger partial charge in [-0.05, 0) is 49.4 Å². The van der Waals surface area contributed by atoms with Crippen molar-refractivity contribution in [1.82, 2.24) is 5.32 Å². The summed E-state index contributed by atoms with van der Waals surface area (Å²) in [5.41, 5.74) is 6.60. The Morgan fingerprint density at radius 1 is 1.12 bits per heavy atom. The van der Waals surface area contributed by atoms with Gasteiger partial charge in [0.25, 0.3) is 5.91 Å². The minimum atomic E-state index is -0.745. The Hall–Kier alpha value is -3.22. The second-order valence-corrected chi connectivity index (χ2v) is 9.56. The van der Waals surface area contributed by atoms with Gasteiger partial charge in [0.2, 0.25) is 10.9 Å². The topological polar surface area (TPSA) is 102 Å². The largest absolute Gasteiger partial charge is 0.466 e. The highest BCUT2D eigenvalue weighted by atomic mass is 19.1. The highest BCUT2D eigenvalue weighted by Gasteiger charge is 2.31. The number of aryl methyl sites for hydroxylation is 2. The minimum Gasteiger partial charge on any atom is -0.466 e. The fourth-order valence-corrected chi connectivity index (χ4v) is 3.93. The Balaban J connectivity index is 0.000000205. The summed E-state index contributed by atoms with van der Waals surface area (Å²) in [6.07, 6.45) is 2.09. The normalized spacial score (nSPS) is 15.2. The fraction of sp³-hybridized carbons (Fsp3) is 0.423. The summed E-state index contributed by atoms with van der Waals surface area (Å²) in [4.78, 5) is 34.4. The van der Waals surface area contributed by atoms with Gasteiger partial charge in [0.15, 0.2) is 0 Å². The van der Waals surface area contributed by atoms with E-state index in [0.29, 0.717) is 11.0 Å². The van der Waals surface area contributed by atoms with Gasteiger partial charge in [-0.1, -0.05) is 33.3 Å². The molecule has 3 N–H and O–H groups in total. The van der Waals surface area contributed by atoms with Gasteiger partial charge in [0.1, 0.15) is 17.3 Å². The molecule has 0 spiro atoms. The molecule has 0 saturated heterocycles. The first-order valence-corrected chi connectivity index (χ1v) is 11.1. The number of hydrogen-bond acceptors (Lipinski definition) is 5. The van der Waals surface area contributed by atoms with Crippen LogP contribution in [-0.4, -0.2) is 5.91 Å². The van der Waals surface area contributed by atoms with Crippen molar-refractivity contribution in [3.05, 3.63) is 83.8 Å². The number of furan rings is 1. The number of anilines is 1. The molecule has 1 atom stereocenters. The van der Waals surface area contributed by atoms with Gasteiger partial charge in [0, 0.05) is 24.0 Å². The first-order valence-electron chi connectivity index (χ1n) is 11.1. The fourth-order valence-electron chi connectivity index (χ4n) is 3.93. The number of halogens is 1. The molecule has 1 aromatic heterocycles. The third kappa shape index (κ3) is 4.77. The molecule has 1 aliphatic rings. The zero-order valence-electron chi connectivity index (χ0n) is 20.0. The molecule has 0 unspecified atom stereocenters. The summed E-state index contributed by atoms with van der Waals surface area (Å²) in [6, 6.07) is 4.75. The number of carbonyl (C=O) groups is 1. The summed E-state index contributed by atoms with van der Waals surface area (Å²) in [7, 11) is 0. The third-order valence-corrected chi connectivity index (χ3v) is 6.56. The summed E-state index contributed by atoms with van der Waals surface area (Å²) in [5.74, 6) is 1.23. The number of fused-ring (bicyclic) bond motifs is 1. The maximum absolute atomic E-state index is 14.0. The van der Waals surface area contributed by atoms with E-state index in [1.807, 2.05) is 6.92 Å². The van der Waals surface area contributed by atoms with E-state index in [1.54, 1.807) is 13.0 Å². The summed E-state index contributed by atoms with van der Waals surface area (Å²) >= 11 is 0. The molecule has 0 radical (unpaired) electrons. The van der Waals surface area contributed by atoms with Crippen LogP contribution in [0.5, 0.6) is 0 Å². The van der Waals surface area contributed by atoms with Gasteiger partial charge in [-0.3, -0.25) is 14.4 Å². The Bertz CT molecular complexity index is 1260. The number of amides is 1. The number of rotatable bonds is 5. The standard InChI is InChI=1S/C14H11FN2O3.C12H20O/c1-5-6-2-3-9(15)7(10(6)14(20)17-5)4-8-11(16)13(19)12(8)18;1-6-12(4,5)8-11-7-9(2)10(3)13-11/h2-3,5H,4,16H2,1H3,(H,17,20);7H,6,8H2,1-5H3/t5-;/m1./s1. The van der Waals surface area contributed by atoms with Gasteiger partial charge in [0.05, 0.1) is 17.3 Å². The number of nitrogen functional groups attached to an aromatic ring is 1. The van der Waals surface area contributed by atoms with Crippen LogP contribution in [0, 0.1) is 25.1 Å². The zero-order valence-corrected chi connectivity index (χ0v) is 20.0. The highest BCUT2D eigenvalue weighted by Crippen LogP contribution is 2.31. The van der Waals surface area contributed by atoms with Crippen LogP contribution in [-0.2, 0) is 12.8 Å². The van der Waals surface area contributed by atoms with Crippen molar-refractivity contribution in [3.63, 3.8) is 0 Å². The zero-order chi connectivity index (χ0) is 24.7. The molecular formula is C26H31FN2O4. The van der Waals surface area contributed by atoms with E-state index in [2.05, 4.69) is 39.1 Å². The number of benzene rings is 1. The molecule has 2 heterocycles. The second-order valence-electron chi connectivity index (χ2n) is 9.56. The number of nitrogens with two attached hydrogens (primary N) is 1. The van der Waals surface area contributed by atoms with Crippen LogP contribution in [0.2, 0.25) is 0 Å². The Labute approximate surface area is 192 Å². The van der Waals surface area contributed by atoms with Crippen LogP contribution in [0.15, 0.2) is 32.2 Å². The average Bonchev–Trinajstić information content (AvgIpc) is 3.23. The SMILES string of the molecule is CCC(C)(C)Cc1cc(C)c(C)o1.C[C@H]1NC(=O)c2c1ccc(F)c2Cc1c(N)c(=O)c1=O. The molecule has 0 saturated carbocycles. The number of nitrogens with one attached hydrogen (secondary N) is 1. The molecule has 7 heteroatoms. The molecule has 2 aromatic carbocycles. The van der Waals surface area contributed by atoms with Gasteiger partial charge in [-0.2, -0.15) is 0 Å². The summed E-state index contributed by atoms with van der Waals surface area (Å²) < 4.78 is 19.6. The lowest BCUT2D eigenvalue weighted by molar-refractivity contribution is 0.0957. The maximum atomic E-state index is 14.0. The Kier molecular flexibility index (Phi) is 6.63. The van der Waals surface area contributed by atoms with Crippen LogP contribution in [0.4, 0.5) is 10.1 Å². The average molecular weight is 455 g/mol. The van der Waals surface area contributed by atoms with Gasteiger partial charge in [-0.25, -0.2) is 4.39 Å². The summed E-state index contributed by atoms with van der Waals surface area (Å²) in [5, 5.41) is 2.69. The molecule has 0 bridgehead atoms. The lowest BCUT2D eigenvalue weighted by atomic mass is 9.85. The molecule has 3 aromatic rings. The van der Waals surface area contributed by atoms with E-state index >= 15 is 0 Å². The monoisotopic (exact) mass is 454 g/mol. The first-order chi connectivity index (χ1) is 15.4. The lowest BCUT2D eigenvalue weighted by Crippen LogP contribution is -2.38. The van der Waals surface area contributed by atoms with Crippen LogP contribution < -0.4 is 21.9 Å². The molecule has 176 valence electrons. The van der Waals surface area contributed by atoms with Crippen molar-refractivity contribution in [3.8, 4) is 0 Å². The van der Waals surface area contributed by atoms with Crippen molar-refractivity contribution in [1.29, 1.82) is 0 Å². The van der Waals surface area contributed by atoms with E-state index in [1.165, 1.54) is 18.1 Å². The molecule has 1 aliphatic heterocycles. The van der Waals surface area contributed by atoms with Crippen molar-refractivity contribution in [2.24, 2.45) is 5.41 Å². The molecular weight excluding hydrogens is 423 g/mol. The van der Waals surface area contributed by atoms with Gasteiger partial charge >= 0.3 is 0 Å². The van der Waals surface area contributed by atoms with Crippen molar-refractivity contribution >= 4 is 11.6 Å². The molecule has 0 fully saturated rings. The maximum Gasteiger partial charge on any atom is 0.252 e. The second kappa shape index (κ2) is 8.96. The van der Waals surface area contributed by atoms with Crippen molar-refractivity contribution < 1.29 is 13.6 Å². The number of hydrogen-bond donors (Lipinski definition) is 2. The van der Waals surface area contributed by atoms with Crippen LogP contribution >= 0.6 is 0 Å². The molecule has 4 rings (SSSR count). The quantitative estimate of drug-likeness (QED) is 0.561. The van der Waals surface area contributed by atoms with Gasteiger partial charge < -0.3 is 15.5 Å². The van der Waals surface area contributed by atoms with E-state index in [-0.39, 0.29) is 40.7 Å². The highest BCUT2D eigenvalue weighted by molar-refractivity contribution is 6.00. The predicted octanol–water partition coefficient (Wildman–Crippen LogP) is 4.27. The van der Waals surface area contributed by atoms with Gasteiger partial charge in [-0.15, -0.1) is 0 Å². The molecule has 33 heavy (non-hydrogen) atoms. The van der Waals surface area contributed by atoms with Crippen LogP contribution in [0.25, 0.3) is 0 Å².